The first-order chi connectivity index (χ1) is 16.6. The lowest BCUT2D eigenvalue weighted by Gasteiger charge is -2.09. The smallest absolute Gasteiger partial charge is 0.255 e. The minimum absolute atomic E-state index is 0.204. The number of carbonyl (C=O) groups excluding carboxylic acids is 1. The number of anilines is 1. The summed E-state index contributed by atoms with van der Waals surface area (Å²) in [4.78, 5) is 21.2. The Kier molecular flexibility index (Phi) is 5.90. The molecule has 1 N–H and O–H groups in total. The molecule has 7 nitrogen and oxygen atoms in total. The van der Waals surface area contributed by atoms with Crippen LogP contribution in [0.25, 0.3) is 5.65 Å². The van der Waals surface area contributed by atoms with Crippen molar-refractivity contribution in [3.8, 4) is 17.2 Å². The first-order valence-corrected chi connectivity index (χ1v) is 10.8. The maximum absolute atomic E-state index is 12.6. The van der Waals surface area contributed by atoms with Gasteiger partial charge in [0.1, 0.15) is 29.5 Å². The number of imidazole rings is 1. The number of hydrogen-bond donors (Lipinski definition) is 1. The zero-order chi connectivity index (χ0) is 23.3. The van der Waals surface area contributed by atoms with Crippen LogP contribution in [-0.4, -0.2) is 20.3 Å². The molecule has 2 aromatic carbocycles. The van der Waals surface area contributed by atoms with E-state index in [-0.39, 0.29) is 5.91 Å². The highest BCUT2D eigenvalue weighted by atomic mass is 16.5. The lowest BCUT2D eigenvalue weighted by atomic mass is 10.2. The van der Waals surface area contributed by atoms with Crippen molar-refractivity contribution in [3.63, 3.8) is 0 Å². The highest BCUT2D eigenvalue weighted by molar-refractivity contribution is 6.04. The number of carbonyl (C=O) groups is 1. The van der Waals surface area contributed by atoms with E-state index in [4.69, 9.17) is 9.47 Å². The summed E-state index contributed by atoms with van der Waals surface area (Å²) in [6.07, 6.45) is 7.26. The summed E-state index contributed by atoms with van der Waals surface area (Å²) in [5.41, 5.74) is 4.08. The Balaban J connectivity index is 1.17. The van der Waals surface area contributed by atoms with Crippen LogP contribution in [0, 0.1) is 6.92 Å². The number of nitrogens with one attached hydrogen (secondary N) is 1. The molecule has 0 saturated carbocycles. The standard InChI is InChI=1S/C27H22N4O3/c1-19-3-2-16-31-17-22(29-26(19)31)18-33-23-8-4-20(5-9-23)27(32)30-21-6-10-24(11-7-21)34-25-12-14-28-15-13-25/h2-17H,18H2,1H3,(H,30,32). The second-order valence-corrected chi connectivity index (χ2v) is 7.73. The summed E-state index contributed by atoms with van der Waals surface area (Å²) in [5.74, 6) is 1.84. The third-order valence-corrected chi connectivity index (χ3v) is 5.23. The van der Waals surface area contributed by atoms with E-state index in [1.54, 1.807) is 73.1 Å². The van der Waals surface area contributed by atoms with Gasteiger partial charge < -0.3 is 19.2 Å². The van der Waals surface area contributed by atoms with E-state index in [1.165, 1.54) is 0 Å². The van der Waals surface area contributed by atoms with Gasteiger partial charge in [0.25, 0.3) is 5.91 Å². The third kappa shape index (κ3) is 4.88. The van der Waals surface area contributed by atoms with Crippen molar-refractivity contribution in [2.75, 3.05) is 5.32 Å². The Morgan fingerprint density at radius 3 is 2.35 bits per heavy atom. The number of amides is 1. The Morgan fingerprint density at radius 1 is 0.912 bits per heavy atom. The first-order valence-electron chi connectivity index (χ1n) is 10.8. The van der Waals surface area contributed by atoms with Gasteiger partial charge in [0, 0.05) is 36.0 Å². The molecular weight excluding hydrogens is 428 g/mol. The summed E-state index contributed by atoms with van der Waals surface area (Å²) in [7, 11) is 0. The molecule has 0 radical (unpaired) electrons. The highest BCUT2D eigenvalue weighted by Gasteiger charge is 2.08. The fraction of sp³-hybridized carbons (Fsp3) is 0.0741. The summed E-state index contributed by atoms with van der Waals surface area (Å²) in [5, 5.41) is 2.89. The molecule has 7 heteroatoms. The molecule has 0 saturated heterocycles. The van der Waals surface area contributed by atoms with Crippen molar-refractivity contribution in [1.29, 1.82) is 0 Å². The molecule has 0 fully saturated rings. The SMILES string of the molecule is Cc1cccn2cc(COc3ccc(C(=O)Nc4ccc(Oc5ccncc5)cc4)cc3)nc12. The van der Waals surface area contributed by atoms with E-state index in [1.807, 2.05) is 35.9 Å². The molecule has 0 aliphatic heterocycles. The second kappa shape index (κ2) is 9.46. The van der Waals surface area contributed by atoms with Gasteiger partial charge in [0.15, 0.2) is 0 Å². The quantitative estimate of drug-likeness (QED) is 0.346. The lowest BCUT2D eigenvalue weighted by Crippen LogP contribution is -2.11. The van der Waals surface area contributed by atoms with Crippen LogP contribution in [0.4, 0.5) is 5.69 Å². The molecule has 0 unspecified atom stereocenters. The van der Waals surface area contributed by atoms with Crippen LogP contribution in [0.2, 0.25) is 0 Å². The van der Waals surface area contributed by atoms with E-state index in [0.717, 1.165) is 16.9 Å². The van der Waals surface area contributed by atoms with Crippen LogP contribution in [0.3, 0.4) is 0 Å². The topological polar surface area (TPSA) is 77.8 Å². The molecule has 0 aliphatic rings. The average Bonchev–Trinajstić information content (AvgIpc) is 3.30. The van der Waals surface area contributed by atoms with Crippen molar-refractivity contribution in [2.45, 2.75) is 13.5 Å². The van der Waals surface area contributed by atoms with Crippen LogP contribution >= 0.6 is 0 Å². The Hall–Kier alpha value is -4.65. The average molecular weight is 450 g/mol. The largest absolute Gasteiger partial charge is 0.487 e. The Labute approximate surface area is 196 Å². The number of fused-ring (bicyclic) bond motifs is 1. The molecule has 0 aliphatic carbocycles. The van der Waals surface area contributed by atoms with Gasteiger partial charge >= 0.3 is 0 Å². The van der Waals surface area contributed by atoms with Crippen LogP contribution in [0.1, 0.15) is 21.6 Å². The number of nitrogens with zero attached hydrogens (tertiary/aromatic N) is 3. The van der Waals surface area contributed by atoms with Gasteiger partial charge in [0.2, 0.25) is 0 Å². The van der Waals surface area contributed by atoms with Crippen LogP contribution in [0.5, 0.6) is 17.2 Å². The molecular formula is C27H22N4O3. The number of aryl methyl sites for hydroxylation is 1. The number of benzene rings is 2. The summed E-state index contributed by atoms with van der Waals surface area (Å²) in [6, 6.07) is 21.8. The van der Waals surface area contributed by atoms with Gasteiger partial charge in [-0.25, -0.2) is 4.98 Å². The maximum atomic E-state index is 12.6. The van der Waals surface area contributed by atoms with E-state index in [2.05, 4.69) is 15.3 Å². The third-order valence-electron chi connectivity index (χ3n) is 5.23. The second-order valence-electron chi connectivity index (χ2n) is 7.73. The normalized spacial score (nSPS) is 10.7. The number of pyridine rings is 2. The number of rotatable bonds is 7. The monoisotopic (exact) mass is 450 g/mol. The number of ether oxygens (including phenoxy) is 2. The van der Waals surface area contributed by atoms with Gasteiger partial charge in [-0.2, -0.15) is 0 Å². The van der Waals surface area contributed by atoms with E-state index < -0.39 is 0 Å². The van der Waals surface area contributed by atoms with Crippen LogP contribution < -0.4 is 14.8 Å². The van der Waals surface area contributed by atoms with Crippen LogP contribution in [-0.2, 0) is 6.61 Å². The van der Waals surface area contributed by atoms with Crippen molar-refractivity contribution in [2.24, 2.45) is 0 Å². The molecule has 3 heterocycles. The predicted molar refractivity (Wildman–Crippen MR) is 129 cm³/mol. The van der Waals surface area contributed by atoms with Gasteiger partial charge in [-0.05, 0) is 79.2 Å². The van der Waals surface area contributed by atoms with E-state index >= 15 is 0 Å². The van der Waals surface area contributed by atoms with Crippen molar-refractivity contribution >= 4 is 17.2 Å². The Morgan fingerprint density at radius 2 is 1.62 bits per heavy atom. The zero-order valence-electron chi connectivity index (χ0n) is 18.5. The van der Waals surface area contributed by atoms with Gasteiger partial charge in [-0.1, -0.05) is 6.07 Å². The minimum Gasteiger partial charge on any atom is -0.487 e. The Bertz CT molecular complexity index is 1410. The number of aromatic nitrogens is 3. The minimum atomic E-state index is -0.204. The fourth-order valence-electron chi connectivity index (χ4n) is 3.49. The van der Waals surface area contributed by atoms with E-state index in [9.17, 15) is 4.79 Å². The molecule has 1 amide bonds. The van der Waals surface area contributed by atoms with Gasteiger partial charge in [-0.15, -0.1) is 0 Å². The molecule has 0 bridgehead atoms. The lowest BCUT2D eigenvalue weighted by molar-refractivity contribution is 0.102. The first kappa shape index (κ1) is 21.2. The fourth-order valence-corrected chi connectivity index (χ4v) is 3.49. The summed E-state index contributed by atoms with van der Waals surface area (Å²) >= 11 is 0. The molecule has 168 valence electrons. The molecule has 3 aromatic heterocycles. The van der Waals surface area contributed by atoms with Crippen LogP contribution in [0.15, 0.2) is 97.6 Å². The highest BCUT2D eigenvalue weighted by Crippen LogP contribution is 2.23. The molecule has 5 rings (SSSR count). The van der Waals surface area contributed by atoms with E-state index in [0.29, 0.717) is 35.1 Å². The number of hydrogen-bond acceptors (Lipinski definition) is 5. The van der Waals surface area contributed by atoms with Gasteiger partial charge in [0.05, 0.1) is 5.69 Å². The molecule has 0 atom stereocenters. The van der Waals surface area contributed by atoms with Crippen molar-refractivity contribution in [3.05, 3.63) is 114 Å². The molecule has 5 aromatic rings. The zero-order valence-corrected chi connectivity index (χ0v) is 18.5. The van der Waals surface area contributed by atoms with Crippen molar-refractivity contribution < 1.29 is 14.3 Å². The maximum Gasteiger partial charge on any atom is 0.255 e. The molecule has 34 heavy (non-hydrogen) atoms. The molecule has 0 spiro atoms. The van der Waals surface area contributed by atoms with Gasteiger partial charge in [-0.3, -0.25) is 9.78 Å². The predicted octanol–water partition coefficient (Wildman–Crippen LogP) is 5.66. The van der Waals surface area contributed by atoms with Crippen molar-refractivity contribution in [1.82, 2.24) is 14.4 Å². The summed E-state index contributed by atoms with van der Waals surface area (Å²) < 4.78 is 13.6. The summed E-state index contributed by atoms with van der Waals surface area (Å²) in [6.45, 7) is 2.38.